The molecule has 4 aliphatic heterocycles. The van der Waals surface area contributed by atoms with E-state index in [1.807, 2.05) is 28.7 Å². The van der Waals surface area contributed by atoms with Gasteiger partial charge in [-0.05, 0) is 44.3 Å². The number of aromatic nitrogens is 2. The molecule has 5 atom stereocenters. The van der Waals surface area contributed by atoms with Gasteiger partial charge in [0.2, 0.25) is 17.6 Å². The zero-order chi connectivity index (χ0) is 33.7. The van der Waals surface area contributed by atoms with E-state index in [2.05, 4.69) is 20.9 Å². The number of esters is 1. The summed E-state index contributed by atoms with van der Waals surface area (Å²) in [7, 11) is 1.56. The van der Waals surface area contributed by atoms with Crippen molar-refractivity contribution in [3.05, 3.63) is 47.0 Å². The quantitative estimate of drug-likeness (QED) is 0.204. The van der Waals surface area contributed by atoms with Crippen LogP contribution in [-0.4, -0.2) is 82.2 Å². The molecule has 15 heteroatoms. The predicted molar refractivity (Wildman–Crippen MR) is 172 cm³/mol. The molecular weight excluding hydrogens is 622 g/mol. The minimum atomic E-state index is -1.10. The number of ether oxygens (including phenoxy) is 4. The molecule has 2 aromatic rings. The second-order valence-corrected chi connectivity index (χ2v) is 13.0. The summed E-state index contributed by atoms with van der Waals surface area (Å²) in [5, 5.41) is 31.5. The van der Waals surface area contributed by atoms with E-state index in [9.17, 15) is 19.8 Å². The highest BCUT2D eigenvalue weighted by atomic mass is 16.6. The first-order chi connectivity index (χ1) is 23.2. The summed E-state index contributed by atoms with van der Waals surface area (Å²) in [6.45, 7) is 3.93. The predicted octanol–water partition coefficient (Wildman–Crippen LogP) is 0.575. The minimum absolute atomic E-state index is 0.0522. The lowest BCUT2D eigenvalue weighted by atomic mass is 9.81. The number of methoxy groups -OCH3 is 1. The summed E-state index contributed by atoms with van der Waals surface area (Å²) < 4.78 is 25.9. The second-order valence-electron chi connectivity index (χ2n) is 13.0. The molecule has 1 aromatic carbocycles. The van der Waals surface area contributed by atoms with Gasteiger partial charge in [-0.3, -0.25) is 21.2 Å². The molecule has 5 unspecified atom stereocenters. The first-order valence-electron chi connectivity index (χ1n) is 16.5. The van der Waals surface area contributed by atoms with Crippen LogP contribution in [0.2, 0.25) is 0 Å². The van der Waals surface area contributed by atoms with Crippen LogP contribution in [0.25, 0.3) is 5.57 Å². The number of nitrogens with zero attached hydrogens (tertiary/aromatic N) is 3. The molecule has 5 aliphatic rings. The Labute approximate surface area is 278 Å². The van der Waals surface area contributed by atoms with Gasteiger partial charge in [0.15, 0.2) is 0 Å². The smallest absolute Gasteiger partial charge is 0.374 e. The van der Waals surface area contributed by atoms with Crippen LogP contribution in [-0.2, 0) is 33.9 Å². The number of carbonyl (C=O) groups excluding carboxylic acids is 2. The number of rotatable bonds is 9. The molecule has 48 heavy (non-hydrogen) atoms. The number of amides is 1. The minimum Gasteiger partial charge on any atom is -0.496 e. The summed E-state index contributed by atoms with van der Waals surface area (Å²) >= 11 is 0. The summed E-state index contributed by atoms with van der Waals surface area (Å²) in [5.74, 6) is 0.907. The van der Waals surface area contributed by atoms with Crippen molar-refractivity contribution in [3.63, 3.8) is 0 Å². The topological polar surface area (TPSA) is 195 Å². The van der Waals surface area contributed by atoms with E-state index in [1.54, 1.807) is 26.3 Å². The third kappa shape index (κ3) is 5.39. The molecule has 5 heterocycles. The van der Waals surface area contributed by atoms with Crippen LogP contribution in [0.3, 0.4) is 0 Å². The van der Waals surface area contributed by atoms with Crippen LogP contribution in [0.15, 0.2) is 30.3 Å². The van der Waals surface area contributed by atoms with Gasteiger partial charge in [-0.25, -0.2) is 9.78 Å². The zero-order valence-electron chi connectivity index (χ0n) is 27.3. The molecule has 258 valence electrons. The van der Waals surface area contributed by atoms with Gasteiger partial charge in [0, 0.05) is 30.9 Å². The van der Waals surface area contributed by atoms with Crippen LogP contribution < -0.4 is 40.8 Å². The van der Waals surface area contributed by atoms with Gasteiger partial charge < -0.3 is 43.9 Å². The third-order valence-corrected chi connectivity index (χ3v) is 10.2. The normalized spacial score (nSPS) is 27.0. The van der Waals surface area contributed by atoms with E-state index in [4.69, 9.17) is 24.7 Å². The molecule has 1 aliphatic carbocycles. The summed E-state index contributed by atoms with van der Waals surface area (Å²) in [4.78, 5) is 32.1. The van der Waals surface area contributed by atoms with Crippen LogP contribution in [0.1, 0.15) is 56.2 Å². The molecule has 1 saturated carbocycles. The highest BCUT2D eigenvalue weighted by Crippen LogP contribution is 2.54. The highest BCUT2D eigenvalue weighted by Gasteiger charge is 2.48. The van der Waals surface area contributed by atoms with Gasteiger partial charge >= 0.3 is 5.97 Å². The molecule has 1 amide bonds. The Morgan fingerprint density at radius 3 is 2.81 bits per heavy atom. The van der Waals surface area contributed by atoms with Crippen molar-refractivity contribution in [2.24, 2.45) is 11.7 Å². The fraction of sp³-hybridized carbons (Fsp3) is 0.545. The van der Waals surface area contributed by atoms with Gasteiger partial charge in [-0.1, -0.05) is 18.9 Å². The lowest BCUT2D eigenvalue weighted by Gasteiger charge is -2.35. The molecule has 2 saturated heterocycles. The summed E-state index contributed by atoms with van der Waals surface area (Å²) in [6, 6.07) is -0.505. The molecule has 0 radical (unpaired) electrons. The van der Waals surface area contributed by atoms with E-state index in [-0.39, 0.29) is 29.9 Å². The first-order valence-corrected chi connectivity index (χ1v) is 16.5. The first kappa shape index (κ1) is 32.4. The Morgan fingerprint density at radius 1 is 1.29 bits per heavy atom. The number of allylic oxidation sites excluding steroid dienone is 3. The van der Waals surface area contributed by atoms with Crippen LogP contribution in [0.5, 0.6) is 17.2 Å². The highest BCUT2D eigenvalue weighted by molar-refractivity contribution is 5.96. The maximum atomic E-state index is 13.0. The Kier molecular flexibility index (Phi) is 8.58. The van der Waals surface area contributed by atoms with E-state index in [1.165, 1.54) is 0 Å². The molecule has 0 spiro atoms. The maximum absolute atomic E-state index is 13.0. The largest absolute Gasteiger partial charge is 0.496 e. The average Bonchev–Trinajstić information content (AvgIpc) is 3.89. The Bertz CT molecular complexity index is 1660. The van der Waals surface area contributed by atoms with Crippen molar-refractivity contribution in [3.8, 4) is 17.2 Å². The zero-order valence-corrected chi connectivity index (χ0v) is 27.3. The number of benzene rings is 1. The van der Waals surface area contributed by atoms with E-state index in [0.717, 1.165) is 31.2 Å². The lowest BCUT2D eigenvalue weighted by molar-refractivity contribution is -0.141. The van der Waals surface area contributed by atoms with Crippen LogP contribution in [0, 0.1) is 5.92 Å². The maximum Gasteiger partial charge on any atom is 0.374 e. The number of aliphatic hydroxyl groups is 2. The molecule has 15 nitrogen and oxygen atoms in total. The number of fused-ring (bicyclic) bond motifs is 3. The van der Waals surface area contributed by atoms with Crippen LogP contribution >= 0.6 is 0 Å². The third-order valence-electron chi connectivity index (χ3n) is 10.2. The molecule has 7 N–H and O–H groups in total. The molecule has 0 bridgehead atoms. The Morgan fingerprint density at radius 2 is 2.08 bits per heavy atom. The number of carbonyl (C=O) groups is 2. The number of nitrogens with one attached hydrogen (secondary N) is 3. The fourth-order valence-electron chi connectivity index (χ4n) is 7.72. The molecule has 1 aromatic heterocycles. The van der Waals surface area contributed by atoms with Crippen molar-refractivity contribution in [1.29, 1.82) is 0 Å². The monoisotopic (exact) mass is 665 g/mol. The van der Waals surface area contributed by atoms with Crippen molar-refractivity contribution in [2.45, 2.75) is 89.3 Å². The average molecular weight is 666 g/mol. The van der Waals surface area contributed by atoms with Crippen LogP contribution in [0.4, 0.5) is 5.95 Å². The van der Waals surface area contributed by atoms with E-state index >= 15 is 0 Å². The van der Waals surface area contributed by atoms with Crippen molar-refractivity contribution in [2.75, 3.05) is 25.3 Å². The number of anilines is 1. The SMILES string of the molecule is CCOC(=O)C1=CC(=CCn2ccnc2N2CNC3C(=O)NC(N)NC32)c2c(OC)c3c(c(CO)c2O1)OC(C(C)(O)C1CCCC1)C3. The summed E-state index contributed by atoms with van der Waals surface area (Å²) in [5.41, 5.74) is 7.16. The fourth-order valence-corrected chi connectivity index (χ4v) is 7.72. The standard InChI is InChI=1S/C33H43N7O8/c1-4-46-30(43)21-13-17(9-11-39-12-10-35-32(39)40-16-36-24-28(40)37-31(34)38-29(24)42)23-26(45-3)19-14-22(33(2,44)18-7-5-6-8-18)48-25(19)20(15-41)27(23)47-21/h9-10,12-13,18,22,24,28,31,36-37,41,44H,4-8,11,14-16,34H2,1-3H3,(H,38,42). The number of hydrogen-bond acceptors (Lipinski definition) is 13. The summed E-state index contributed by atoms with van der Waals surface area (Å²) in [6.07, 6.45) is 9.71. The molecular formula is C33H43N7O8. The van der Waals surface area contributed by atoms with Gasteiger partial charge in [0.1, 0.15) is 47.5 Å². The van der Waals surface area contributed by atoms with E-state index in [0.29, 0.717) is 53.8 Å². The second kappa shape index (κ2) is 12.7. The Hall–Kier alpha value is -4.15. The number of nitrogens with two attached hydrogens (primary N) is 1. The van der Waals surface area contributed by atoms with Crippen molar-refractivity contribution in [1.82, 2.24) is 25.5 Å². The number of hydrogen-bond donors (Lipinski definition) is 6. The van der Waals surface area contributed by atoms with Crippen molar-refractivity contribution < 1.29 is 38.7 Å². The van der Waals surface area contributed by atoms with E-state index < -0.39 is 42.8 Å². The number of aliphatic hydroxyl groups excluding tert-OH is 1. The van der Waals surface area contributed by atoms with Gasteiger partial charge in [0.25, 0.3) is 0 Å². The van der Waals surface area contributed by atoms with Gasteiger partial charge in [-0.2, -0.15) is 0 Å². The molecule has 7 rings (SSSR count). The van der Waals surface area contributed by atoms with Gasteiger partial charge in [-0.15, -0.1) is 0 Å². The number of imidazole rings is 1. The van der Waals surface area contributed by atoms with Crippen molar-refractivity contribution >= 4 is 23.4 Å². The Balaban J connectivity index is 1.27. The molecule has 3 fully saturated rings. The lowest BCUT2D eigenvalue weighted by Crippen LogP contribution is -2.70. The van der Waals surface area contributed by atoms with Gasteiger partial charge in [0.05, 0.1) is 38.1 Å².